The Morgan fingerprint density at radius 1 is 0.427 bits per heavy atom. The van der Waals surface area contributed by atoms with Crippen LogP contribution < -0.4 is 21.3 Å². The molecule has 15 aromatic rings. The van der Waals surface area contributed by atoms with Gasteiger partial charge in [0.25, 0.3) is 0 Å². The van der Waals surface area contributed by atoms with E-state index < -0.39 is 109 Å². The van der Waals surface area contributed by atoms with Crippen LogP contribution in [-0.2, 0) is 5.41 Å². The summed E-state index contributed by atoms with van der Waals surface area (Å²) >= 11 is 3.24. The van der Waals surface area contributed by atoms with Gasteiger partial charge in [-0.1, -0.05) is 220 Å². The first kappa shape index (κ1) is 34.1. The Balaban J connectivity index is 1.09. The van der Waals surface area contributed by atoms with Gasteiger partial charge >= 0.3 is 0 Å². The summed E-state index contributed by atoms with van der Waals surface area (Å²) in [6.07, 6.45) is 0. The number of fused-ring (bicyclic) bond motifs is 14. The monoisotopic (exact) mass is 1100 g/mol. The molecule has 386 valence electrons. The highest BCUT2D eigenvalue weighted by Crippen LogP contribution is 2.53. The first-order valence-corrected chi connectivity index (χ1v) is 28.8. The highest BCUT2D eigenvalue weighted by atomic mass is 32.2. The number of benzene rings is 12. The van der Waals surface area contributed by atoms with Crippen molar-refractivity contribution in [2.24, 2.45) is 0 Å². The van der Waals surface area contributed by atoms with E-state index in [1.807, 2.05) is 84.9 Å². The predicted octanol–water partition coefficient (Wildman–Crippen LogP) is 19.3. The van der Waals surface area contributed by atoms with Crippen molar-refractivity contribution < 1.29 is 21.9 Å². The molecule has 0 radical (unpaired) electrons. The molecule has 3 nitrogen and oxygen atoms in total. The van der Waals surface area contributed by atoms with E-state index in [2.05, 4.69) is 105 Å². The molecule has 0 atom stereocenters. The van der Waals surface area contributed by atoms with Crippen molar-refractivity contribution in [1.29, 1.82) is 0 Å². The van der Waals surface area contributed by atoms with Crippen LogP contribution in [0.1, 0.15) is 48.3 Å². The minimum Gasteiger partial charge on any atom is -0.310 e. The smallest absolute Gasteiger partial charge is 0.249 e. The van der Waals surface area contributed by atoms with Crippen LogP contribution in [0.15, 0.2) is 270 Å². The molecule has 2 aliphatic rings. The molecular weight excluding hydrogens is 1030 g/mol. The molecule has 0 aliphatic carbocycles. The van der Waals surface area contributed by atoms with E-state index in [4.69, 9.17) is 8.22 Å². The van der Waals surface area contributed by atoms with Gasteiger partial charge in [-0.15, -0.1) is 11.3 Å². The van der Waals surface area contributed by atoms with Gasteiger partial charge in [0, 0.05) is 85.4 Å². The average molecular weight is 1100 g/mol. The lowest BCUT2D eigenvalue weighted by atomic mass is 9.34. The lowest BCUT2D eigenvalue weighted by molar-refractivity contribution is 0.591. The largest absolute Gasteiger partial charge is 0.310 e. The van der Waals surface area contributed by atoms with Gasteiger partial charge < -0.3 is 14.0 Å². The number of hydrogen-bond donors (Lipinski definition) is 0. The third-order valence-corrected chi connectivity index (χ3v) is 18.7. The zero-order chi connectivity index (χ0) is 68.3. The Morgan fingerprint density at radius 2 is 0.927 bits per heavy atom. The van der Waals surface area contributed by atoms with Gasteiger partial charge in [0.15, 0.2) is 0 Å². The van der Waals surface area contributed by atoms with E-state index in [-0.39, 0.29) is 43.6 Å². The maximum absolute atomic E-state index is 9.81. The second-order valence-corrected chi connectivity index (χ2v) is 24.1. The third-order valence-electron chi connectivity index (χ3n) is 16.4. The first-order valence-electron chi connectivity index (χ1n) is 35.1. The van der Waals surface area contributed by atoms with Crippen LogP contribution in [0.2, 0.25) is 0 Å². The molecule has 0 saturated carbocycles. The number of hydrogen-bond acceptors (Lipinski definition) is 3. The quantitative estimate of drug-likeness (QED) is 0.154. The van der Waals surface area contributed by atoms with Crippen LogP contribution in [0.4, 0.5) is 17.1 Å². The van der Waals surface area contributed by atoms with E-state index in [1.165, 1.54) is 4.57 Å². The molecule has 6 heteroatoms. The molecule has 0 amide bonds. The van der Waals surface area contributed by atoms with Gasteiger partial charge in [0.1, 0.15) is 0 Å². The molecule has 82 heavy (non-hydrogen) atoms. The Hall–Kier alpha value is -9.33. The molecule has 0 bridgehead atoms. The summed E-state index contributed by atoms with van der Waals surface area (Å²) < 4.78 is 155. The van der Waals surface area contributed by atoms with Crippen molar-refractivity contribution in [2.75, 3.05) is 4.90 Å². The molecule has 0 N–H and O–H groups in total. The molecule has 12 aromatic carbocycles. The summed E-state index contributed by atoms with van der Waals surface area (Å²) in [6.45, 7) is 5.87. The van der Waals surface area contributed by atoms with Crippen molar-refractivity contribution in [1.82, 2.24) is 9.13 Å². The molecule has 3 aromatic heterocycles. The van der Waals surface area contributed by atoms with Crippen molar-refractivity contribution in [3.05, 3.63) is 266 Å². The normalized spacial score (nSPS) is 15.7. The highest BCUT2D eigenvalue weighted by molar-refractivity contribution is 8.00. The lowest BCUT2D eigenvalue weighted by Gasteiger charge is -2.42. The summed E-state index contributed by atoms with van der Waals surface area (Å²) in [6, 6.07) is 47.0. The van der Waals surface area contributed by atoms with Crippen molar-refractivity contribution in [3.63, 3.8) is 0 Å². The average Bonchev–Trinajstić information content (AvgIpc) is 1.26. The van der Waals surface area contributed by atoms with E-state index in [9.17, 15) is 13.7 Å². The minimum atomic E-state index is -0.614. The number of para-hydroxylation sites is 4. The summed E-state index contributed by atoms with van der Waals surface area (Å²) in [5, 5.41) is 1.72. The fraction of sp³-hybridized carbons (Fsp3) is 0.0526. The number of nitrogens with zero attached hydrogens (tertiary/aromatic N) is 3. The number of rotatable bonds is 6. The fourth-order valence-corrected chi connectivity index (χ4v) is 15.2. The van der Waals surface area contributed by atoms with E-state index in [0.717, 1.165) is 85.3 Å². The van der Waals surface area contributed by atoms with Gasteiger partial charge in [-0.05, 0) is 123 Å². The SMILES string of the molecule is [2H]c1c([2H])c([2H])c2c(c1[2H])c1c([2H])c([2H])c([2H])c([2H])c1n2-c1ccc2c(c1)N(c1c(-c3ccccc3)cc(C(C)(C)C)cc1-c1ccccc1)c1cc(-n3c4c([2H])c([2H])c([2H])c([2H])c4c4c([2H])c([2H])c([2H])c([2H])c43)cc3c1B2c1ccc2sc4ccc(-c5ccccc5)cc4c2c1S3. The molecule has 0 saturated heterocycles. The zero-order valence-electron chi connectivity index (χ0n) is 60.3. The Labute approximate surface area is 507 Å². The molecule has 2 aliphatic heterocycles. The van der Waals surface area contributed by atoms with Crippen LogP contribution in [0.25, 0.3) is 109 Å². The maximum Gasteiger partial charge on any atom is 0.249 e. The maximum atomic E-state index is 9.81. The van der Waals surface area contributed by atoms with E-state index in [1.54, 1.807) is 27.7 Å². The van der Waals surface area contributed by atoms with Crippen LogP contribution in [-0.4, -0.2) is 15.8 Å². The Bertz CT molecular complexity index is 5890. The van der Waals surface area contributed by atoms with Crippen molar-refractivity contribution >= 4 is 127 Å². The van der Waals surface area contributed by atoms with E-state index in [0.29, 0.717) is 28.4 Å². The summed E-state index contributed by atoms with van der Waals surface area (Å²) in [5.74, 6) is 0. The van der Waals surface area contributed by atoms with Gasteiger partial charge in [0.2, 0.25) is 6.71 Å². The molecule has 0 fully saturated rings. The van der Waals surface area contributed by atoms with Gasteiger partial charge in [0.05, 0.1) is 49.7 Å². The van der Waals surface area contributed by atoms with E-state index >= 15 is 0 Å². The van der Waals surface area contributed by atoms with Crippen LogP contribution in [0.3, 0.4) is 0 Å². The predicted molar refractivity (Wildman–Crippen MR) is 353 cm³/mol. The lowest BCUT2D eigenvalue weighted by Crippen LogP contribution is -2.60. The topological polar surface area (TPSA) is 13.1 Å². The third kappa shape index (κ3) is 7.11. The van der Waals surface area contributed by atoms with Crippen LogP contribution in [0, 0.1) is 0 Å². The minimum absolute atomic E-state index is 0.0578. The molecule has 0 unspecified atom stereocenters. The second kappa shape index (κ2) is 18.1. The molecule has 5 heterocycles. The van der Waals surface area contributed by atoms with Crippen molar-refractivity contribution in [3.8, 4) is 44.8 Å². The zero-order valence-corrected chi connectivity index (χ0v) is 46.0. The summed E-state index contributed by atoms with van der Waals surface area (Å²) in [5.41, 5.74) is 10.7. The summed E-state index contributed by atoms with van der Waals surface area (Å²) in [7, 11) is 0. The van der Waals surface area contributed by atoms with Gasteiger partial charge in [-0.25, -0.2) is 0 Å². The summed E-state index contributed by atoms with van der Waals surface area (Å²) in [4.78, 5) is 3.86. The second-order valence-electron chi connectivity index (χ2n) is 22.0. The fourth-order valence-electron chi connectivity index (χ4n) is 12.7. The Kier molecular flexibility index (Phi) is 7.52. The number of anilines is 3. The first-order chi connectivity index (χ1) is 47.0. The van der Waals surface area contributed by atoms with Crippen LogP contribution >= 0.6 is 23.1 Å². The number of thiophene rings is 1. The molecular formula is C76H52BN3S2. The molecule has 0 spiro atoms. The van der Waals surface area contributed by atoms with Crippen molar-refractivity contribution in [2.45, 2.75) is 36.0 Å². The highest BCUT2D eigenvalue weighted by Gasteiger charge is 2.44. The van der Waals surface area contributed by atoms with Crippen LogP contribution in [0.5, 0.6) is 0 Å². The standard InChI is InChI=1S/C76H52BN3S2/c1-76(2,3)51-42-58(48-23-9-5-10-24-48)74(59(43-51)49-25-11-6-12-26-49)80-67-44-52(78-63-31-17-13-27-54(63)55-28-14-18-32-64(55)78)36-37-61(67)77-62-38-40-70-72(60-41-50(35-39-69(60)81-70)47-21-7-4-8-22-47)75(62)82-71-46-53(45-68(80)73(71)77)79-65-33-19-15-29-56(65)57-30-16-20-34-66(57)79/h4-46H,1-3H3/i13D,14D,15D,16D,17D,18D,19D,20D,27D,28D,29D,30D,31D,32D,33D,34D. The number of aromatic nitrogens is 2. The van der Waals surface area contributed by atoms with Gasteiger partial charge in [-0.3, -0.25) is 0 Å². The molecule has 17 rings (SSSR count). The van der Waals surface area contributed by atoms with Gasteiger partial charge in [-0.2, -0.15) is 0 Å². The Morgan fingerprint density at radius 3 is 1.49 bits per heavy atom.